The fraction of sp³-hybridized carbons (Fsp3) is 0.818. The molecule has 0 aliphatic heterocycles. The summed E-state index contributed by atoms with van der Waals surface area (Å²) in [6.45, 7) is 3.88. The Hall–Kier alpha value is -0.860. The van der Waals surface area contributed by atoms with Crippen molar-refractivity contribution in [1.29, 1.82) is 0 Å². The molecule has 0 aliphatic rings. The lowest BCUT2D eigenvalue weighted by molar-refractivity contribution is -0.147. The van der Waals surface area contributed by atoms with E-state index in [0.717, 1.165) is 19.3 Å². The first-order chi connectivity index (χ1) is 6.65. The molecule has 0 aliphatic carbocycles. The molecular weight excluding hydrogens is 180 g/mol. The third kappa shape index (κ3) is 5.00. The Labute approximate surface area is 85.8 Å². The Morgan fingerprint density at radius 3 is 2.36 bits per heavy atom. The number of esters is 1. The minimum atomic E-state index is -0.250. The van der Waals surface area contributed by atoms with E-state index in [4.69, 9.17) is 0 Å². The molecule has 0 N–H and O–H groups in total. The van der Waals surface area contributed by atoms with E-state index in [9.17, 15) is 9.59 Å². The molecular formula is C11H20O3. The Balaban J connectivity index is 4.09. The Morgan fingerprint density at radius 1 is 1.29 bits per heavy atom. The third-order valence-electron chi connectivity index (χ3n) is 2.31. The van der Waals surface area contributed by atoms with E-state index in [1.54, 1.807) is 0 Å². The van der Waals surface area contributed by atoms with Gasteiger partial charge in [0.05, 0.1) is 13.0 Å². The molecule has 0 aromatic carbocycles. The first-order valence-electron chi connectivity index (χ1n) is 5.25. The molecule has 82 valence electrons. The number of methoxy groups -OCH3 is 1. The van der Waals surface area contributed by atoms with Crippen LogP contribution in [0.3, 0.4) is 0 Å². The number of hydrogen-bond donors (Lipinski definition) is 0. The topological polar surface area (TPSA) is 43.4 Å². The molecule has 0 rings (SSSR count). The van der Waals surface area contributed by atoms with Crippen LogP contribution < -0.4 is 0 Å². The molecule has 1 atom stereocenters. The largest absolute Gasteiger partial charge is 0.469 e. The predicted octanol–water partition coefficient (Wildman–Crippen LogP) is 2.33. The van der Waals surface area contributed by atoms with Gasteiger partial charge in [0.15, 0.2) is 0 Å². The molecule has 0 bridgehead atoms. The van der Waals surface area contributed by atoms with Gasteiger partial charge in [0, 0.05) is 12.8 Å². The van der Waals surface area contributed by atoms with Crippen LogP contribution in [0.1, 0.15) is 46.0 Å². The van der Waals surface area contributed by atoms with Gasteiger partial charge in [-0.2, -0.15) is 0 Å². The van der Waals surface area contributed by atoms with Crippen molar-refractivity contribution in [3.05, 3.63) is 0 Å². The highest BCUT2D eigenvalue weighted by atomic mass is 16.5. The van der Waals surface area contributed by atoms with Crippen LogP contribution >= 0.6 is 0 Å². The van der Waals surface area contributed by atoms with Crippen LogP contribution in [0.25, 0.3) is 0 Å². The summed E-state index contributed by atoms with van der Waals surface area (Å²) in [6.07, 6.45) is 3.60. The number of rotatable bonds is 7. The summed E-state index contributed by atoms with van der Waals surface area (Å²) in [7, 11) is 1.37. The minimum absolute atomic E-state index is 0.136. The average Bonchev–Trinajstić information content (AvgIpc) is 2.22. The van der Waals surface area contributed by atoms with Crippen molar-refractivity contribution in [2.24, 2.45) is 5.92 Å². The van der Waals surface area contributed by atoms with Gasteiger partial charge in [-0.25, -0.2) is 0 Å². The Morgan fingerprint density at radius 2 is 1.93 bits per heavy atom. The summed E-state index contributed by atoms with van der Waals surface area (Å²) in [5, 5.41) is 0. The zero-order chi connectivity index (χ0) is 11.0. The molecule has 0 aromatic rings. The molecule has 0 spiro atoms. The number of unbranched alkanes of at least 4 members (excludes halogenated alkanes) is 1. The number of ketones is 1. The van der Waals surface area contributed by atoms with Crippen molar-refractivity contribution in [2.45, 2.75) is 46.0 Å². The van der Waals surface area contributed by atoms with Crippen LogP contribution in [0.5, 0.6) is 0 Å². The minimum Gasteiger partial charge on any atom is -0.469 e. The van der Waals surface area contributed by atoms with E-state index in [1.807, 2.05) is 6.92 Å². The van der Waals surface area contributed by atoms with Gasteiger partial charge in [0.2, 0.25) is 0 Å². The molecule has 0 radical (unpaired) electrons. The molecule has 0 saturated carbocycles. The van der Waals surface area contributed by atoms with Crippen molar-refractivity contribution < 1.29 is 14.3 Å². The molecule has 0 saturated heterocycles. The lowest BCUT2D eigenvalue weighted by Crippen LogP contribution is -2.19. The Bertz CT molecular complexity index is 187. The molecule has 0 aromatic heterocycles. The normalized spacial score (nSPS) is 12.2. The monoisotopic (exact) mass is 200 g/mol. The zero-order valence-corrected chi connectivity index (χ0v) is 9.34. The standard InChI is InChI=1S/C11H20O3/c1-4-6-7-9(11(13)14-3)8-10(12)5-2/h9H,4-8H2,1-3H3. The second-order valence-electron chi connectivity index (χ2n) is 3.46. The van der Waals surface area contributed by atoms with Crippen LogP contribution in [0.4, 0.5) is 0 Å². The molecule has 3 heteroatoms. The first kappa shape index (κ1) is 13.1. The Kier molecular flexibility index (Phi) is 7.07. The fourth-order valence-corrected chi connectivity index (χ4v) is 1.34. The fourth-order valence-electron chi connectivity index (χ4n) is 1.34. The van der Waals surface area contributed by atoms with Gasteiger partial charge in [0.1, 0.15) is 5.78 Å². The lowest BCUT2D eigenvalue weighted by Gasteiger charge is -2.12. The summed E-state index contributed by atoms with van der Waals surface area (Å²) in [4.78, 5) is 22.5. The van der Waals surface area contributed by atoms with Crippen molar-refractivity contribution in [1.82, 2.24) is 0 Å². The van der Waals surface area contributed by atoms with Crippen LogP contribution in [0.2, 0.25) is 0 Å². The quantitative estimate of drug-likeness (QED) is 0.592. The maximum atomic E-state index is 11.3. The summed E-state index contributed by atoms with van der Waals surface area (Å²) < 4.78 is 4.66. The van der Waals surface area contributed by atoms with E-state index < -0.39 is 0 Å². The van der Waals surface area contributed by atoms with Gasteiger partial charge < -0.3 is 4.74 Å². The smallest absolute Gasteiger partial charge is 0.309 e. The van der Waals surface area contributed by atoms with Crippen LogP contribution in [-0.2, 0) is 14.3 Å². The molecule has 0 heterocycles. The zero-order valence-electron chi connectivity index (χ0n) is 9.34. The van der Waals surface area contributed by atoms with Crippen LogP contribution in [0, 0.1) is 5.92 Å². The van der Waals surface area contributed by atoms with E-state index in [0.29, 0.717) is 12.8 Å². The summed E-state index contributed by atoms with van der Waals surface area (Å²) >= 11 is 0. The van der Waals surface area contributed by atoms with E-state index in [-0.39, 0.29) is 17.7 Å². The molecule has 3 nitrogen and oxygen atoms in total. The summed E-state index contributed by atoms with van der Waals surface area (Å²) in [5.74, 6) is -0.343. The van der Waals surface area contributed by atoms with Crippen molar-refractivity contribution in [3.8, 4) is 0 Å². The van der Waals surface area contributed by atoms with Gasteiger partial charge in [-0.3, -0.25) is 9.59 Å². The predicted molar refractivity (Wildman–Crippen MR) is 54.9 cm³/mol. The second kappa shape index (κ2) is 7.54. The van der Waals surface area contributed by atoms with Crippen molar-refractivity contribution in [3.63, 3.8) is 0 Å². The number of carbonyl (C=O) groups excluding carboxylic acids is 2. The summed E-state index contributed by atoms with van der Waals surface area (Å²) in [5.41, 5.74) is 0. The van der Waals surface area contributed by atoms with E-state index >= 15 is 0 Å². The number of Topliss-reactive ketones (excluding diaryl/α,β-unsaturated/α-hetero) is 1. The van der Waals surface area contributed by atoms with Gasteiger partial charge in [-0.1, -0.05) is 26.7 Å². The number of hydrogen-bond acceptors (Lipinski definition) is 3. The van der Waals surface area contributed by atoms with Crippen molar-refractivity contribution >= 4 is 11.8 Å². The van der Waals surface area contributed by atoms with Crippen LogP contribution in [0.15, 0.2) is 0 Å². The maximum absolute atomic E-state index is 11.3. The highest BCUT2D eigenvalue weighted by molar-refractivity contribution is 5.84. The van der Waals surface area contributed by atoms with Gasteiger partial charge in [-0.05, 0) is 6.42 Å². The molecule has 14 heavy (non-hydrogen) atoms. The molecule has 0 amide bonds. The number of carbonyl (C=O) groups is 2. The molecule has 1 unspecified atom stereocenters. The SMILES string of the molecule is CCCCC(CC(=O)CC)C(=O)OC. The van der Waals surface area contributed by atoms with Crippen molar-refractivity contribution in [2.75, 3.05) is 7.11 Å². The van der Waals surface area contributed by atoms with Crippen LogP contribution in [-0.4, -0.2) is 18.9 Å². The summed E-state index contributed by atoms with van der Waals surface area (Å²) in [6, 6.07) is 0. The molecule has 0 fully saturated rings. The van der Waals surface area contributed by atoms with Gasteiger partial charge >= 0.3 is 5.97 Å². The lowest BCUT2D eigenvalue weighted by atomic mass is 9.95. The van der Waals surface area contributed by atoms with E-state index in [1.165, 1.54) is 7.11 Å². The highest BCUT2D eigenvalue weighted by Crippen LogP contribution is 2.15. The first-order valence-corrected chi connectivity index (χ1v) is 5.25. The average molecular weight is 200 g/mol. The highest BCUT2D eigenvalue weighted by Gasteiger charge is 2.20. The van der Waals surface area contributed by atoms with Gasteiger partial charge in [0.25, 0.3) is 0 Å². The third-order valence-corrected chi connectivity index (χ3v) is 2.31. The van der Waals surface area contributed by atoms with Gasteiger partial charge in [-0.15, -0.1) is 0 Å². The van der Waals surface area contributed by atoms with E-state index in [2.05, 4.69) is 11.7 Å². The second-order valence-corrected chi connectivity index (χ2v) is 3.46. The maximum Gasteiger partial charge on any atom is 0.309 e. The number of ether oxygens (including phenoxy) is 1.